The Kier molecular flexibility index (Phi) is 4.69. The van der Waals surface area contributed by atoms with Crippen molar-refractivity contribution < 1.29 is 13.9 Å². The normalized spacial score (nSPS) is 10.3. The number of anilines is 1. The van der Waals surface area contributed by atoms with E-state index in [1.807, 2.05) is 54.6 Å². The smallest absolute Gasteiger partial charge is 0.224 e. The number of carbonyl (C=O) groups is 1. The van der Waals surface area contributed by atoms with Gasteiger partial charge in [0.05, 0.1) is 5.69 Å². The van der Waals surface area contributed by atoms with Crippen LogP contribution < -0.4 is 10.1 Å². The Morgan fingerprint density at radius 2 is 1.78 bits per heavy atom. The molecule has 1 aromatic heterocycles. The van der Waals surface area contributed by atoms with Crippen molar-refractivity contribution in [3.05, 3.63) is 72.9 Å². The molecule has 5 nitrogen and oxygen atoms in total. The van der Waals surface area contributed by atoms with E-state index in [0.29, 0.717) is 12.8 Å². The van der Waals surface area contributed by atoms with Gasteiger partial charge in [-0.1, -0.05) is 18.2 Å². The third-order valence-electron chi connectivity index (χ3n) is 3.21. The van der Waals surface area contributed by atoms with Gasteiger partial charge in [0, 0.05) is 18.5 Å². The zero-order valence-electron chi connectivity index (χ0n) is 12.4. The zero-order chi connectivity index (χ0) is 15.9. The quantitative estimate of drug-likeness (QED) is 0.746. The van der Waals surface area contributed by atoms with E-state index < -0.39 is 0 Å². The Bertz CT molecular complexity index is 738. The molecule has 0 aliphatic heterocycles. The van der Waals surface area contributed by atoms with Crippen LogP contribution in [0, 0.1) is 0 Å². The van der Waals surface area contributed by atoms with Crippen LogP contribution in [0.25, 0.3) is 0 Å². The third kappa shape index (κ3) is 4.44. The molecule has 5 heteroatoms. The van der Waals surface area contributed by atoms with Gasteiger partial charge in [0.15, 0.2) is 6.39 Å². The largest absolute Gasteiger partial charge is 0.457 e. The summed E-state index contributed by atoms with van der Waals surface area (Å²) in [4.78, 5) is 15.9. The van der Waals surface area contributed by atoms with Crippen molar-refractivity contribution in [3.63, 3.8) is 0 Å². The second-order valence-electron chi connectivity index (χ2n) is 4.97. The number of para-hydroxylation sites is 1. The fourth-order valence-corrected chi connectivity index (χ4v) is 2.06. The van der Waals surface area contributed by atoms with E-state index in [0.717, 1.165) is 22.9 Å². The fraction of sp³-hybridized carbons (Fsp3) is 0.111. The first-order valence-corrected chi connectivity index (χ1v) is 7.29. The van der Waals surface area contributed by atoms with Gasteiger partial charge in [-0.15, -0.1) is 0 Å². The van der Waals surface area contributed by atoms with Gasteiger partial charge in [0.2, 0.25) is 5.91 Å². The van der Waals surface area contributed by atoms with E-state index in [9.17, 15) is 4.79 Å². The second kappa shape index (κ2) is 7.26. The van der Waals surface area contributed by atoms with E-state index in [1.165, 1.54) is 6.39 Å². The van der Waals surface area contributed by atoms with E-state index >= 15 is 0 Å². The van der Waals surface area contributed by atoms with Crippen molar-refractivity contribution in [3.8, 4) is 11.5 Å². The second-order valence-corrected chi connectivity index (χ2v) is 4.97. The minimum Gasteiger partial charge on any atom is -0.457 e. The van der Waals surface area contributed by atoms with Crippen molar-refractivity contribution >= 4 is 11.6 Å². The van der Waals surface area contributed by atoms with Crippen molar-refractivity contribution in [2.24, 2.45) is 0 Å². The molecular formula is C18H16N2O3. The Labute approximate surface area is 133 Å². The molecule has 3 rings (SSSR count). The van der Waals surface area contributed by atoms with Gasteiger partial charge in [-0.25, -0.2) is 4.98 Å². The van der Waals surface area contributed by atoms with Crippen LogP contribution in [-0.4, -0.2) is 10.9 Å². The lowest BCUT2D eigenvalue weighted by molar-refractivity contribution is -0.116. The average molecular weight is 308 g/mol. The SMILES string of the molecule is O=C(CCc1cocn1)Nc1ccc(Oc2ccccc2)cc1. The number of aryl methyl sites for hydroxylation is 1. The van der Waals surface area contributed by atoms with E-state index in [-0.39, 0.29) is 5.91 Å². The lowest BCUT2D eigenvalue weighted by Gasteiger charge is -2.08. The lowest BCUT2D eigenvalue weighted by atomic mass is 10.2. The summed E-state index contributed by atoms with van der Waals surface area (Å²) in [6.07, 6.45) is 3.81. The van der Waals surface area contributed by atoms with Crippen LogP contribution >= 0.6 is 0 Å². The van der Waals surface area contributed by atoms with Crippen LogP contribution in [0.5, 0.6) is 11.5 Å². The van der Waals surface area contributed by atoms with Crippen LogP contribution in [0.3, 0.4) is 0 Å². The van der Waals surface area contributed by atoms with Crippen molar-refractivity contribution in [2.45, 2.75) is 12.8 Å². The number of aromatic nitrogens is 1. The first kappa shape index (κ1) is 14.8. The molecule has 0 bridgehead atoms. The third-order valence-corrected chi connectivity index (χ3v) is 3.21. The van der Waals surface area contributed by atoms with Crippen LogP contribution in [0.15, 0.2) is 71.7 Å². The molecule has 0 aliphatic carbocycles. The summed E-state index contributed by atoms with van der Waals surface area (Å²) in [5.74, 6) is 1.43. The molecule has 1 heterocycles. The Morgan fingerprint density at radius 3 is 2.48 bits per heavy atom. The molecule has 0 aliphatic rings. The minimum absolute atomic E-state index is 0.0651. The summed E-state index contributed by atoms with van der Waals surface area (Å²) in [6.45, 7) is 0. The number of carbonyl (C=O) groups excluding carboxylic acids is 1. The summed E-state index contributed by atoms with van der Waals surface area (Å²) in [5, 5.41) is 2.84. The lowest BCUT2D eigenvalue weighted by Crippen LogP contribution is -2.12. The fourth-order valence-electron chi connectivity index (χ4n) is 2.06. The van der Waals surface area contributed by atoms with E-state index in [4.69, 9.17) is 9.15 Å². The number of benzene rings is 2. The first-order chi connectivity index (χ1) is 11.3. The molecule has 3 aromatic rings. The molecular weight excluding hydrogens is 292 g/mol. The first-order valence-electron chi connectivity index (χ1n) is 7.29. The minimum atomic E-state index is -0.0651. The molecule has 1 amide bonds. The highest BCUT2D eigenvalue weighted by Crippen LogP contribution is 2.22. The molecule has 0 unspecified atom stereocenters. The molecule has 2 aromatic carbocycles. The van der Waals surface area contributed by atoms with Gasteiger partial charge in [-0.05, 0) is 36.4 Å². The molecule has 0 fully saturated rings. The van der Waals surface area contributed by atoms with Gasteiger partial charge in [0.25, 0.3) is 0 Å². The number of hydrogen-bond acceptors (Lipinski definition) is 4. The number of ether oxygens (including phenoxy) is 1. The van der Waals surface area contributed by atoms with Gasteiger partial charge in [-0.2, -0.15) is 0 Å². The standard InChI is InChI=1S/C18H16N2O3/c21-18(11-8-15-12-22-13-19-15)20-14-6-9-17(10-7-14)23-16-4-2-1-3-5-16/h1-7,9-10,12-13H,8,11H2,(H,20,21). The monoisotopic (exact) mass is 308 g/mol. The number of oxazole rings is 1. The molecule has 0 atom stereocenters. The molecule has 0 spiro atoms. The Balaban J connectivity index is 1.51. The maximum absolute atomic E-state index is 11.9. The number of nitrogens with one attached hydrogen (secondary N) is 1. The predicted octanol–water partition coefficient (Wildman–Crippen LogP) is 4.04. The summed E-state index contributed by atoms with van der Waals surface area (Å²) >= 11 is 0. The van der Waals surface area contributed by atoms with Crippen LogP contribution in [-0.2, 0) is 11.2 Å². The van der Waals surface area contributed by atoms with Gasteiger partial charge in [0.1, 0.15) is 17.8 Å². The van der Waals surface area contributed by atoms with Gasteiger partial charge in [-0.3, -0.25) is 4.79 Å². The topological polar surface area (TPSA) is 64.4 Å². The van der Waals surface area contributed by atoms with Crippen LogP contribution in [0.2, 0.25) is 0 Å². The van der Waals surface area contributed by atoms with E-state index in [2.05, 4.69) is 10.3 Å². The van der Waals surface area contributed by atoms with Crippen molar-refractivity contribution in [1.82, 2.24) is 4.98 Å². The molecule has 1 N–H and O–H groups in total. The predicted molar refractivity (Wildman–Crippen MR) is 86.4 cm³/mol. The highest BCUT2D eigenvalue weighted by molar-refractivity contribution is 5.90. The number of rotatable bonds is 6. The van der Waals surface area contributed by atoms with E-state index in [1.54, 1.807) is 6.26 Å². The van der Waals surface area contributed by atoms with Crippen LogP contribution in [0.1, 0.15) is 12.1 Å². The number of nitrogens with zero attached hydrogens (tertiary/aromatic N) is 1. The molecule has 0 saturated heterocycles. The maximum atomic E-state index is 11.9. The average Bonchev–Trinajstić information content (AvgIpc) is 3.09. The number of amides is 1. The Hall–Kier alpha value is -3.08. The van der Waals surface area contributed by atoms with Crippen LogP contribution in [0.4, 0.5) is 5.69 Å². The van der Waals surface area contributed by atoms with Gasteiger partial charge >= 0.3 is 0 Å². The summed E-state index contributed by atoms with van der Waals surface area (Å²) in [6, 6.07) is 16.8. The molecule has 0 saturated carbocycles. The number of hydrogen-bond donors (Lipinski definition) is 1. The van der Waals surface area contributed by atoms with Gasteiger partial charge < -0.3 is 14.5 Å². The molecule has 0 radical (unpaired) electrons. The van der Waals surface area contributed by atoms with Crippen molar-refractivity contribution in [1.29, 1.82) is 0 Å². The summed E-state index contributed by atoms with van der Waals surface area (Å²) < 4.78 is 10.6. The molecule has 116 valence electrons. The Morgan fingerprint density at radius 1 is 1.04 bits per heavy atom. The van der Waals surface area contributed by atoms with Crippen molar-refractivity contribution in [2.75, 3.05) is 5.32 Å². The summed E-state index contributed by atoms with van der Waals surface area (Å²) in [7, 11) is 0. The molecule has 23 heavy (non-hydrogen) atoms. The highest BCUT2D eigenvalue weighted by Gasteiger charge is 2.05. The maximum Gasteiger partial charge on any atom is 0.224 e. The highest BCUT2D eigenvalue weighted by atomic mass is 16.5. The summed E-state index contributed by atoms with van der Waals surface area (Å²) in [5.41, 5.74) is 1.50. The zero-order valence-corrected chi connectivity index (χ0v) is 12.4.